The van der Waals surface area contributed by atoms with Crippen molar-refractivity contribution >= 4 is 12.4 Å². The van der Waals surface area contributed by atoms with E-state index in [1.807, 2.05) is 30.2 Å². The normalized spacial score (nSPS) is 15.0. The lowest BCUT2D eigenvalue weighted by atomic mass is 10.2. The molecule has 0 bridgehead atoms. The topological polar surface area (TPSA) is 102 Å². The summed E-state index contributed by atoms with van der Waals surface area (Å²) >= 11 is 0. The van der Waals surface area contributed by atoms with Gasteiger partial charge in [-0.1, -0.05) is 6.07 Å². The van der Waals surface area contributed by atoms with Crippen molar-refractivity contribution in [1.82, 2.24) is 24.8 Å². The Kier molecular flexibility index (Phi) is 7.09. The predicted octanol–water partition coefficient (Wildman–Crippen LogP) is 1.16. The van der Waals surface area contributed by atoms with Crippen LogP contribution in [0.2, 0.25) is 0 Å². The van der Waals surface area contributed by atoms with Gasteiger partial charge in [0.2, 0.25) is 0 Å². The Bertz CT molecular complexity index is 675. The van der Waals surface area contributed by atoms with E-state index in [-0.39, 0.29) is 12.4 Å². The summed E-state index contributed by atoms with van der Waals surface area (Å²) in [6, 6.07) is 3.79. The van der Waals surface area contributed by atoms with Gasteiger partial charge in [-0.05, 0) is 25.0 Å². The molecule has 0 aliphatic carbocycles. The number of carbonyl (C=O) groups is 2. The van der Waals surface area contributed by atoms with Crippen molar-refractivity contribution in [2.45, 2.75) is 19.9 Å². The van der Waals surface area contributed by atoms with Crippen LogP contribution in [0.3, 0.4) is 0 Å². The maximum atomic E-state index is 12.6. The molecule has 8 heteroatoms. The number of H-pyrrole nitrogens is 1. The Hall–Kier alpha value is -2.74. The molecule has 2 aromatic rings. The largest absolute Gasteiger partial charge is 0.483 e. The average molecular weight is 345 g/mol. The molecule has 3 heterocycles. The van der Waals surface area contributed by atoms with Gasteiger partial charge in [0.25, 0.3) is 12.4 Å². The van der Waals surface area contributed by atoms with E-state index >= 15 is 0 Å². The lowest BCUT2D eigenvalue weighted by Crippen LogP contribution is -2.36. The summed E-state index contributed by atoms with van der Waals surface area (Å²) in [5.41, 5.74) is 1.51. The van der Waals surface area contributed by atoms with Gasteiger partial charge in [0.1, 0.15) is 11.5 Å². The van der Waals surface area contributed by atoms with Crippen molar-refractivity contribution in [3.05, 3.63) is 47.8 Å². The zero-order chi connectivity index (χ0) is 18.1. The summed E-state index contributed by atoms with van der Waals surface area (Å²) in [6.45, 7) is 5.84. The third kappa shape index (κ3) is 5.39. The van der Waals surface area contributed by atoms with E-state index in [1.165, 1.54) is 0 Å². The molecule has 1 aliphatic heterocycles. The first kappa shape index (κ1) is 18.6. The van der Waals surface area contributed by atoms with Gasteiger partial charge in [0.05, 0.1) is 6.54 Å². The highest BCUT2D eigenvalue weighted by molar-refractivity contribution is 5.93. The van der Waals surface area contributed by atoms with Crippen LogP contribution in [0.15, 0.2) is 30.7 Å². The molecule has 2 N–H and O–H groups in total. The third-order valence-corrected chi connectivity index (χ3v) is 4.02. The number of nitrogens with one attached hydrogen (secondary N) is 1. The van der Waals surface area contributed by atoms with E-state index in [1.54, 1.807) is 12.4 Å². The first-order valence-corrected chi connectivity index (χ1v) is 8.15. The average Bonchev–Trinajstić information content (AvgIpc) is 3.00. The van der Waals surface area contributed by atoms with Gasteiger partial charge < -0.3 is 15.0 Å². The molecule has 2 aromatic heterocycles. The van der Waals surface area contributed by atoms with Crippen LogP contribution in [0.4, 0.5) is 0 Å². The fourth-order valence-electron chi connectivity index (χ4n) is 2.79. The van der Waals surface area contributed by atoms with E-state index in [0.29, 0.717) is 5.69 Å². The number of imidazole rings is 1. The highest BCUT2D eigenvalue weighted by Crippen LogP contribution is 2.11. The monoisotopic (exact) mass is 345 g/mol. The van der Waals surface area contributed by atoms with Crippen molar-refractivity contribution < 1.29 is 14.7 Å². The number of aromatic nitrogens is 3. The van der Waals surface area contributed by atoms with Crippen LogP contribution < -0.4 is 0 Å². The molecule has 1 fully saturated rings. The fraction of sp³-hybridized carbons (Fsp3) is 0.412. The van der Waals surface area contributed by atoms with Crippen LogP contribution in [0.5, 0.6) is 0 Å². The second kappa shape index (κ2) is 9.53. The third-order valence-electron chi connectivity index (χ3n) is 4.02. The number of hydrogen-bond donors (Lipinski definition) is 2. The molecule has 3 rings (SSSR count). The highest BCUT2D eigenvalue weighted by Gasteiger charge is 2.22. The zero-order valence-electron chi connectivity index (χ0n) is 14.3. The molecule has 25 heavy (non-hydrogen) atoms. The molecule has 1 aliphatic rings. The number of carboxylic acid groups (broad SMARTS) is 1. The Morgan fingerprint density at radius 1 is 1.28 bits per heavy atom. The van der Waals surface area contributed by atoms with Gasteiger partial charge in [-0.25, -0.2) is 4.98 Å². The van der Waals surface area contributed by atoms with Gasteiger partial charge in [-0.2, -0.15) is 0 Å². The number of aryl methyl sites for hydroxylation is 1. The molecule has 0 spiro atoms. The predicted molar refractivity (Wildman–Crippen MR) is 92.1 cm³/mol. The Morgan fingerprint density at radius 2 is 2.08 bits per heavy atom. The Labute approximate surface area is 146 Å². The zero-order valence-corrected chi connectivity index (χ0v) is 14.3. The molecule has 1 saturated heterocycles. The van der Waals surface area contributed by atoms with E-state index in [2.05, 4.69) is 19.9 Å². The van der Waals surface area contributed by atoms with Gasteiger partial charge in [-0.15, -0.1) is 0 Å². The van der Waals surface area contributed by atoms with E-state index in [9.17, 15) is 4.79 Å². The molecule has 8 nitrogen and oxygen atoms in total. The van der Waals surface area contributed by atoms with Crippen molar-refractivity contribution in [2.24, 2.45) is 0 Å². The number of pyridine rings is 1. The number of hydrogen-bond acceptors (Lipinski definition) is 5. The standard InChI is InChI=1S/C16H21N5O.CH2O2/c1-13-4-2-5-19-15(13)16(22)21-9-3-8-20(10-11-21)12-14-17-6-7-18-14;2-1-3/h2,4-7H,3,8-12H2,1H3,(H,17,18);1H,(H,2,3). The number of rotatable bonds is 3. The van der Waals surface area contributed by atoms with Gasteiger partial charge >= 0.3 is 0 Å². The first-order valence-electron chi connectivity index (χ1n) is 8.15. The van der Waals surface area contributed by atoms with Crippen LogP contribution in [0.1, 0.15) is 28.3 Å². The van der Waals surface area contributed by atoms with Crippen LogP contribution in [-0.2, 0) is 11.3 Å². The summed E-state index contributed by atoms with van der Waals surface area (Å²) in [4.78, 5) is 36.9. The highest BCUT2D eigenvalue weighted by atomic mass is 16.3. The van der Waals surface area contributed by atoms with Crippen LogP contribution in [-0.4, -0.2) is 68.4 Å². The van der Waals surface area contributed by atoms with Gasteiger partial charge in [0.15, 0.2) is 0 Å². The van der Waals surface area contributed by atoms with Crippen molar-refractivity contribution in [1.29, 1.82) is 0 Å². The fourth-order valence-corrected chi connectivity index (χ4v) is 2.79. The summed E-state index contributed by atoms with van der Waals surface area (Å²) in [7, 11) is 0. The number of nitrogens with zero attached hydrogens (tertiary/aromatic N) is 4. The summed E-state index contributed by atoms with van der Waals surface area (Å²) < 4.78 is 0. The lowest BCUT2D eigenvalue weighted by Gasteiger charge is -2.21. The molecular weight excluding hydrogens is 322 g/mol. The van der Waals surface area contributed by atoms with Crippen molar-refractivity contribution in [3.63, 3.8) is 0 Å². The van der Waals surface area contributed by atoms with Crippen molar-refractivity contribution in [2.75, 3.05) is 26.2 Å². The summed E-state index contributed by atoms with van der Waals surface area (Å²) in [6.07, 6.45) is 6.26. The van der Waals surface area contributed by atoms with E-state index < -0.39 is 0 Å². The Morgan fingerprint density at radius 3 is 2.76 bits per heavy atom. The molecule has 0 saturated carbocycles. The van der Waals surface area contributed by atoms with Crippen LogP contribution in [0, 0.1) is 6.92 Å². The minimum atomic E-state index is -0.250. The molecular formula is C17H23N5O3. The lowest BCUT2D eigenvalue weighted by molar-refractivity contribution is -0.122. The molecule has 0 aromatic carbocycles. The van der Waals surface area contributed by atoms with Crippen LogP contribution in [0.25, 0.3) is 0 Å². The maximum Gasteiger partial charge on any atom is 0.290 e. The second-order valence-corrected chi connectivity index (χ2v) is 5.73. The minimum Gasteiger partial charge on any atom is -0.483 e. The van der Waals surface area contributed by atoms with Gasteiger partial charge in [0, 0.05) is 44.8 Å². The first-order chi connectivity index (χ1) is 12.2. The van der Waals surface area contributed by atoms with E-state index in [4.69, 9.17) is 9.90 Å². The van der Waals surface area contributed by atoms with E-state index in [0.717, 1.165) is 50.5 Å². The molecule has 134 valence electrons. The summed E-state index contributed by atoms with van der Waals surface area (Å²) in [5, 5.41) is 6.89. The number of carbonyl (C=O) groups excluding carboxylic acids is 1. The number of amides is 1. The summed E-state index contributed by atoms with van der Waals surface area (Å²) in [5.74, 6) is 1.01. The Balaban J connectivity index is 0.000000701. The number of aromatic amines is 1. The maximum absolute atomic E-state index is 12.6. The quantitative estimate of drug-likeness (QED) is 0.810. The van der Waals surface area contributed by atoms with Crippen molar-refractivity contribution in [3.8, 4) is 0 Å². The smallest absolute Gasteiger partial charge is 0.290 e. The minimum absolute atomic E-state index is 0.0398. The molecule has 0 unspecified atom stereocenters. The molecule has 1 amide bonds. The van der Waals surface area contributed by atoms with Crippen LogP contribution >= 0.6 is 0 Å². The molecule has 0 atom stereocenters. The van der Waals surface area contributed by atoms with Gasteiger partial charge in [-0.3, -0.25) is 19.5 Å². The second-order valence-electron chi connectivity index (χ2n) is 5.73. The molecule has 0 radical (unpaired) electrons. The SMILES string of the molecule is Cc1cccnc1C(=O)N1CCCN(Cc2ncc[nH]2)CC1.O=CO.